The van der Waals surface area contributed by atoms with Crippen LogP contribution in [0, 0.1) is 11.8 Å². The van der Waals surface area contributed by atoms with Gasteiger partial charge in [0.1, 0.15) is 0 Å². The van der Waals surface area contributed by atoms with Crippen molar-refractivity contribution in [1.29, 1.82) is 0 Å². The van der Waals surface area contributed by atoms with Crippen LogP contribution in [0.4, 0.5) is 0 Å². The lowest BCUT2D eigenvalue weighted by Crippen LogP contribution is -2.56. The maximum Gasteiger partial charge on any atom is 0.333 e. The summed E-state index contributed by atoms with van der Waals surface area (Å²) in [6, 6.07) is 7.90. The Morgan fingerprint density at radius 3 is 2.35 bits per heavy atom. The average molecular weight is 338 g/mol. The molecule has 7 heteroatoms. The monoisotopic (exact) mass is 338 g/mol. The Morgan fingerprint density at radius 2 is 1.83 bits per heavy atom. The molecule has 1 aromatic rings. The molecule has 2 aliphatic carbocycles. The van der Waals surface area contributed by atoms with E-state index in [9.17, 15) is 18.3 Å². The van der Waals surface area contributed by atoms with Crippen LogP contribution in [0.25, 0.3) is 0 Å². The first-order chi connectivity index (χ1) is 10.9. The maximum absolute atomic E-state index is 12.9. The fraction of sp³-hybridized carbons (Fsp3) is 0.438. The molecule has 0 saturated heterocycles. The predicted octanol–water partition coefficient (Wildman–Crippen LogP) is 1.83. The van der Waals surface area contributed by atoms with Gasteiger partial charge in [0, 0.05) is 26.6 Å². The second-order valence-corrected chi connectivity index (χ2v) is 7.80. The number of aliphatic carboxylic acids is 1. The van der Waals surface area contributed by atoms with Crippen molar-refractivity contribution in [2.75, 3.05) is 14.2 Å². The van der Waals surface area contributed by atoms with Crippen LogP contribution >= 0.6 is 0 Å². The van der Waals surface area contributed by atoms with E-state index in [0.717, 1.165) is 0 Å². The van der Waals surface area contributed by atoms with Gasteiger partial charge in [-0.15, -0.1) is 0 Å². The molecule has 0 aliphatic heterocycles. The number of benzene rings is 1. The molecule has 1 saturated carbocycles. The summed E-state index contributed by atoms with van der Waals surface area (Å²) in [5.74, 6) is -2.94. The number of methoxy groups -OCH3 is 2. The summed E-state index contributed by atoms with van der Waals surface area (Å²) in [7, 11) is -0.943. The van der Waals surface area contributed by atoms with Gasteiger partial charge in [-0.25, -0.2) is 13.2 Å². The lowest BCUT2D eigenvalue weighted by atomic mass is 9.67. The molecule has 124 valence electrons. The van der Waals surface area contributed by atoms with Crippen molar-refractivity contribution in [2.45, 2.75) is 23.5 Å². The molecular weight excluding hydrogens is 320 g/mol. The van der Waals surface area contributed by atoms with Gasteiger partial charge in [-0.05, 0) is 24.5 Å². The molecule has 0 heterocycles. The van der Waals surface area contributed by atoms with Gasteiger partial charge in [0.25, 0.3) is 0 Å². The largest absolute Gasteiger partial charge is 0.478 e. The number of fused-ring (bicyclic) bond motifs is 1. The van der Waals surface area contributed by atoms with E-state index in [0.29, 0.717) is 6.42 Å². The third-order valence-electron chi connectivity index (χ3n) is 4.85. The number of allylic oxidation sites excluding steroid dienone is 1. The van der Waals surface area contributed by atoms with Crippen LogP contribution in [0.2, 0.25) is 0 Å². The van der Waals surface area contributed by atoms with Crippen LogP contribution in [0.1, 0.15) is 12.8 Å². The summed E-state index contributed by atoms with van der Waals surface area (Å²) < 4.78 is 36.4. The Bertz CT molecular complexity index is 761. The van der Waals surface area contributed by atoms with Gasteiger partial charge in [-0.2, -0.15) is 0 Å². The molecular formula is C16H18O6S. The van der Waals surface area contributed by atoms with E-state index in [2.05, 4.69) is 0 Å². The van der Waals surface area contributed by atoms with Crippen LogP contribution in [0.3, 0.4) is 0 Å². The Labute approximate surface area is 134 Å². The highest BCUT2D eigenvalue weighted by molar-refractivity contribution is 7.95. The minimum absolute atomic E-state index is 0.0258. The first-order valence-electron chi connectivity index (χ1n) is 7.24. The Balaban J connectivity index is 2.13. The minimum atomic E-state index is -3.84. The summed E-state index contributed by atoms with van der Waals surface area (Å²) >= 11 is 0. The second kappa shape index (κ2) is 5.43. The molecule has 2 unspecified atom stereocenters. The van der Waals surface area contributed by atoms with Crippen molar-refractivity contribution in [1.82, 2.24) is 0 Å². The Morgan fingerprint density at radius 1 is 1.22 bits per heavy atom. The van der Waals surface area contributed by atoms with Crippen LogP contribution in [0.15, 0.2) is 45.7 Å². The first kappa shape index (κ1) is 16.2. The second-order valence-electron chi connectivity index (χ2n) is 5.82. The quantitative estimate of drug-likeness (QED) is 0.824. The summed E-state index contributed by atoms with van der Waals surface area (Å²) in [5, 5.41) is 9.61. The minimum Gasteiger partial charge on any atom is -0.478 e. The molecule has 0 radical (unpaired) electrons. The van der Waals surface area contributed by atoms with Gasteiger partial charge in [-0.3, -0.25) is 0 Å². The molecule has 3 rings (SSSR count). The number of carboxylic acid groups (broad SMARTS) is 1. The van der Waals surface area contributed by atoms with Gasteiger partial charge in [0.15, 0.2) is 5.79 Å². The number of sulfone groups is 1. The van der Waals surface area contributed by atoms with Crippen LogP contribution in [-0.4, -0.2) is 39.5 Å². The van der Waals surface area contributed by atoms with E-state index in [1.165, 1.54) is 26.4 Å². The number of rotatable bonds is 5. The molecule has 0 spiro atoms. The molecule has 1 N–H and O–H groups in total. The van der Waals surface area contributed by atoms with Gasteiger partial charge in [0.05, 0.1) is 15.4 Å². The van der Waals surface area contributed by atoms with Crippen molar-refractivity contribution in [3.8, 4) is 0 Å². The highest BCUT2D eigenvalue weighted by Gasteiger charge is 2.63. The number of ether oxygens (including phenoxy) is 2. The van der Waals surface area contributed by atoms with Crippen molar-refractivity contribution in [3.05, 3.63) is 40.8 Å². The first-order valence-corrected chi connectivity index (χ1v) is 8.72. The number of carboxylic acids is 1. The maximum atomic E-state index is 12.9. The van der Waals surface area contributed by atoms with Crippen molar-refractivity contribution < 1.29 is 27.8 Å². The molecule has 6 nitrogen and oxygen atoms in total. The van der Waals surface area contributed by atoms with Gasteiger partial charge in [0.2, 0.25) is 9.84 Å². The molecule has 1 aromatic carbocycles. The molecule has 1 fully saturated rings. The van der Waals surface area contributed by atoms with E-state index >= 15 is 0 Å². The molecule has 0 aromatic heterocycles. The normalized spacial score (nSPS) is 25.8. The highest BCUT2D eigenvalue weighted by Crippen LogP contribution is 2.59. The number of hydrogen-bond acceptors (Lipinski definition) is 5. The fourth-order valence-electron chi connectivity index (χ4n) is 3.73. The number of hydrogen-bond donors (Lipinski definition) is 1. The van der Waals surface area contributed by atoms with E-state index < -0.39 is 27.5 Å². The fourth-order valence-corrected chi connectivity index (χ4v) is 5.47. The summed E-state index contributed by atoms with van der Waals surface area (Å²) in [6.07, 6.45) is 0.688. The molecule has 2 atom stereocenters. The molecule has 23 heavy (non-hydrogen) atoms. The van der Waals surface area contributed by atoms with E-state index in [-0.39, 0.29) is 27.7 Å². The van der Waals surface area contributed by atoms with Gasteiger partial charge >= 0.3 is 5.97 Å². The summed E-state index contributed by atoms with van der Waals surface area (Å²) in [5.41, 5.74) is -0.103. The van der Waals surface area contributed by atoms with Crippen LogP contribution < -0.4 is 0 Å². The van der Waals surface area contributed by atoms with Crippen LogP contribution in [0.5, 0.6) is 0 Å². The third kappa shape index (κ3) is 2.22. The third-order valence-corrected chi connectivity index (χ3v) is 6.78. The molecule has 2 aliphatic rings. The number of carbonyl (C=O) groups is 1. The zero-order valence-corrected chi connectivity index (χ0v) is 13.7. The molecule has 0 amide bonds. The zero-order chi connectivity index (χ0) is 16.8. The summed E-state index contributed by atoms with van der Waals surface area (Å²) in [6.45, 7) is 0. The van der Waals surface area contributed by atoms with Crippen molar-refractivity contribution >= 4 is 15.8 Å². The van der Waals surface area contributed by atoms with E-state index in [1.807, 2.05) is 0 Å². The van der Waals surface area contributed by atoms with Gasteiger partial charge in [-0.1, -0.05) is 18.2 Å². The van der Waals surface area contributed by atoms with Crippen LogP contribution in [-0.2, 0) is 24.1 Å². The summed E-state index contributed by atoms with van der Waals surface area (Å²) in [4.78, 5) is 11.8. The lowest BCUT2D eigenvalue weighted by Gasteiger charge is -2.50. The topological polar surface area (TPSA) is 89.9 Å². The average Bonchev–Trinajstić information content (AvgIpc) is 2.85. The predicted molar refractivity (Wildman–Crippen MR) is 81.3 cm³/mol. The standard InChI is InChI=1S/C16H18O6S/c1-21-16(22-2)9-10-8-12(13(14(10)16)15(17)18)23(19,20)11-6-4-3-5-7-11/h3-7,10,14H,8-9H2,1-2H3,(H,17,18). The van der Waals surface area contributed by atoms with E-state index in [1.54, 1.807) is 18.2 Å². The van der Waals surface area contributed by atoms with Gasteiger partial charge < -0.3 is 14.6 Å². The Hall–Kier alpha value is -1.70. The molecule has 0 bridgehead atoms. The van der Waals surface area contributed by atoms with Crippen molar-refractivity contribution in [3.63, 3.8) is 0 Å². The Kier molecular flexibility index (Phi) is 3.82. The zero-order valence-electron chi connectivity index (χ0n) is 12.9. The lowest BCUT2D eigenvalue weighted by molar-refractivity contribution is -0.297. The highest BCUT2D eigenvalue weighted by atomic mass is 32.2. The smallest absolute Gasteiger partial charge is 0.333 e. The van der Waals surface area contributed by atoms with E-state index in [4.69, 9.17) is 9.47 Å². The van der Waals surface area contributed by atoms with Crippen molar-refractivity contribution in [2.24, 2.45) is 11.8 Å². The SMILES string of the molecule is COC1(OC)CC2CC(S(=O)(=O)c3ccccc3)=C(C(=O)O)C21.